The van der Waals surface area contributed by atoms with E-state index in [4.69, 9.17) is 18.9 Å². The minimum Gasteiger partial charge on any atom is -0.493 e. The molecule has 0 spiro atoms. The second kappa shape index (κ2) is 10.8. The number of fused-ring (bicyclic) bond motifs is 1. The number of carbonyl (C=O) groups is 3. The lowest BCUT2D eigenvalue weighted by atomic mass is 10.1. The zero-order valence-electron chi connectivity index (χ0n) is 17.5. The molecule has 0 aliphatic heterocycles. The maximum atomic E-state index is 12.5. The minimum absolute atomic E-state index is 0.241. The van der Waals surface area contributed by atoms with Crippen molar-refractivity contribution >= 4 is 28.7 Å². The summed E-state index contributed by atoms with van der Waals surface area (Å²) in [5.41, 5.74) is 0.822. The van der Waals surface area contributed by atoms with E-state index in [1.165, 1.54) is 7.11 Å². The van der Waals surface area contributed by atoms with Crippen LogP contribution >= 0.6 is 0 Å². The summed E-state index contributed by atoms with van der Waals surface area (Å²) in [6, 6.07) is 16.9. The number of carbonyl (C=O) groups excluding carboxylic acids is 3. The predicted octanol–water partition coefficient (Wildman–Crippen LogP) is 4.34. The van der Waals surface area contributed by atoms with Crippen molar-refractivity contribution in [2.24, 2.45) is 0 Å². The van der Waals surface area contributed by atoms with Gasteiger partial charge in [-0.25, -0.2) is 14.4 Å². The first-order valence-corrected chi connectivity index (χ1v) is 9.86. The maximum Gasteiger partial charge on any atom is 0.343 e. The van der Waals surface area contributed by atoms with Crippen molar-refractivity contribution in [3.05, 3.63) is 84.4 Å². The van der Waals surface area contributed by atoms with Crippen molar-refractivity contribution in [1.82, 2.24) is 0 Å². The van der Waals surface area contributed by atoms with E-state index in [2.05, 4.69) is 6.58 Å². The summed E-state index contributed by atoms with van der Waals surface area (Å²) in [5.74, 6) is -0.402. The second-order valence-corrected chi connectivity index (χ2v) is 6.70. The molecule has 0 saturated heterocycles. The van der Waals surface area contributed by atoms with Gasteiger partial charge in [0.1, 0.15) is 11.5 Å². The Bertz CT molecular complexity index is 1130. The largest absolute Gasteiger partial charge is 0.493 e. The molecule has 3 aromatic rings. The lowest BCUT2D eigenvalue weighted by Crippen LogP contribution is -2.09. The van der Waals surface area contributed by atoms with Gasteiger partial charge in [0.05, 0.1) is 31.5 Å². The highest BCUT2D eigenvalue weighted by Gasteiger charge is 2.11. The minimum atomic E-state index is -0.501. The van der Waals surface area contributed by atoms with Crippen LogP contribution in [0.15, 0.2) is 73.3 Å². The predicted molar refractivity (Wildman–Crippen MR) is 118 cm³/mol. The van der Waals surface area contributed by atoms with Crippen LogP contribution in [0.3, 0.4) is 0 Å². The normalized spacial score (nSPS) is 10.3. The molecular weight excluding hydrogens is 412 g/mol. The summed E-state index contributed by atoms with van der Waals surface area (Å²) >= 11 is 0. The lowest BCUT2D eigenvalue weighted by molar-refractivity contribution is -0.137. The molecule has 3 rings (SSSR count). The Hall–Kier alpha value is -4.13. The Morgan fingerprint density at radius 1 is 0.812 bits per heavy atom. The Morgan fingerprint density at radius 2 is 1.47 bits per heavy atom. The Balaban J connectivity index is 1.56. The fraction of sp³-hybridized carbons (Fsp3) is 0.160. The third-order valence-corrected chi connectivity index (χ3v) is 4.50. The smallest absolute Gasteiger partial charge is 0.343 e. The topological polar surface area (TPSA) is 88.1 Å². The molecule has 0 aliphatic carbocycles. The molecule has 0 fully saturated rings. The highest BCUT2D eigenvalue weighted by atomic mass is 16.5. The third kappa shape index (κ3) is 5.95. The SMILES string of the molecule is C=CC(=O)OCCCOc1ccc(C(=O)Oc2ccc3cc(C(=O)OC)ccc3c2)cc1. The van der Waals surface area contributed by atoms with Gasteiger partial charge < -0.3 is 18.9 Å². The number of hydrogen-bond acceptors (Lipinski definition) is 7. The van der Waals surface area contributed by atoms with E-state index in [-0.39, 0.29) is 6.61 Å². The van der Waals surface area contributed by atoms with Crippen molar-refractivity contribution in [3.63, 3.8) is 0 Å². The van der Waals surface area contributed by atoms with Crippen molar-refractivity contribution in [3.8, 4) is 11.5 Å². The van der Waals surface area contributed by atoms with Gasteiger partial charge in [-0.3, -0.25) is 0 Å². The number of methoxy groups -OCH3 is 1. The standard InChI is InChI=1S/C25H22O7/c1-3-23(26)31-14-4-13-30-21-10-7-17(8-11-21)25(28)32-22-12-9-18-15-20(24(27)29-2)6-5-19(18)16-22/h3,5-12,15-16H,1,4,13-14H2,2H3. The highest BCUT2D eigenvalue weighted by molar-refractivity contribution is 5.96. The van der Waals surface area contributed by atoms with Gasteiger partial charge in [0.2, 0.25) is 0 Å². The molecular formula is C25H22O7. The first-order chi connectivity index (χ1) is 15.5. The van der Waals surface area contributed by atoms with Crippen LogP contribution in [0.1, 0.15) is 27.1 Å². The van der Waals surface area contributed by atoms with Crippen LogP contribution < -0.4 is 9.47 Å². The van der Waals surface area contributed by atoms with Crippen LogP contribution in [-0.4, -0.2) is 38.2 Å². The number of hydrogen-bond donors (Lipinski definition) is 0. The average Bonchev–Trinajstić information content (AvgIpc) is 2.83. The van der Waals surface area contributed by atoms with Gasteiger partial charge >= 0.3 is 17.9 Å². The van der Waals surface area contributed by atoms with Crippen LogP contribution in [-0.2, 0) is 14.3 Å². The summed E-state index contributed by atoms with van der Waals surface area (Å²) in [5, 5.41) is 1.65. The first kappa shape index (κ1) is 22.6. The molecule has 0 atom stereocenters. The molecule has 0 bridgehead atoms. The van der Waals surface area contributed by atoms with Crippen molar-refractivity contribution < 1.29 is 33.3 Å². The van der Waals surface area contributed by atoms with E-state index in [9.17, 15) is 14.4 Å². The summed E-state index contributed by atoms with van der Waals surface area (Å²) < 4.78 is 20.6. The molecule has 0 amide bonds. The van der Waals surface area contributed by atoms with Gasteiger partial charge in [-0.1, -0.05) is 18.7 Å². The van der Waals surface area contributed by atoms with Crippen LogP contribution in [0, 0.1) is 0 Å². The molecule has 0 radical (unpaired) electrons. The molecule has 0 unspecified atom stereocenters. The Kier molecular flexibility index (Phi) is 7.59. The number of esters is 3. The molecule has 0 saturated carbocycles. The van der Waals surface area contributed by atoms with Crippen LogP contribution in [0.25, 0.3) is 10.8 Å². The zero-order chi connectivity index (χ0) is 22.9. The fourth-order valence-corrected chi connectivity index (χ4v) is 2.87. The number of ether oxygens (including phenoxy) is 4. The highest BCUT2D eigenvalue weighted by Crippen LogP contribution is 2.23. The lowest BCUT2D eigenvalue weighted by Gasteiger charge is -2.09. The second-order valence-electron chi connectivity index (χ2n) is 6.70. The fourth-order valence-electron chi connectivity index (χ4n) is 2.87. The van der Waals surface area contributed by atoms with E-state index in [0.717, 1.165) is 16.8 Å². The average molecular weight is 434 g/mol. The quantitative estimate of drug-likeness (QED) is 0.214. The summed E-state index contributed by atoms with van der Waals surface area (Å²) in [7, 11) is 1.33. The molecule has 3 aromatic carbocycles. The molecule has 0 heterocycles. The molecule has 0 aromatic heterocycles. The first-order valence-electron chi connectivity index (χ1n) is 9.86. The summed E-state index contributed by atoms with van der Waals surface area (Å²) in [6.45, 7) is 3.93. The molecule has 164 valence electrons. The molecule has 0 aliphatic rings. The van der Waals surface area contributed by atoms with Gasteiger partial charge in [-0.05, 0) is 59.3 Å². The molecule has 32 heavy (non-hydrogen) atoms. The summed E-state index contributed by atoms with van der Waals surface area (Å²) in [4.78, 5) is 35.1. The van der Waals surface area contributed by atoms with E-state index in [0.29, 0.717) is 35.7 Å². The summed E-state index contributed by atoms with van der Waals surface area (Å²) in [6.07, 6.45) is 1.64. The van der Waals surface area contributed by atoms with Gasteiger partial charge in [-0.15, -0.1) is 0 Å². The third-order valence-electron chi connectivity index (χ3n) is 4.50. The molecule has 0 N–H and O–H groups in total. The van der Waals surface area contributed by atoms with Crippen LogP contribution in [0.4, 0.5) is 0 Å². The van der Waals surface area contributed by atoms with Crippen molar-refractivity contribution in [2.45, 2.75) is 6.42 Å². The van der Waals surface area contributed by atoms with Crippen molar-refractivity contribution in [2.75, 3.05) is 20.3 Å². The number of rotatable bonds is 9. The number of benzene rings is 3. The van der Waals surface area contributed by atoms with E-state index in [1.807, 2.05) is 0 Å². The van der Waals surface area contributed by atoms with E-state index in [1.54, 1.807) is 60.7 Å². The molecule has 7 heteroatoms. The molecule has 7 nitrogen and oxygen atoms in total. The van der Waals surface area contributed by atoms with Gasteiger partial charge in [-0.2, -0.15) is 0 Å². The monoisotopic (exact) mass is 434 g/mol. The van der Waals surface area contributed by atoms with E-state index < -0.39 is 17.9 Å². The van der Waals surface area contributed by atoms with Gasteiger partial charge in [0, 0.05) is 12.5 Å². The van der Waals surface area contributed by atoms with Gasteiger partial charge in [0.15, 0.2) is 0 Å². The van der Waals surface area contributed by atoms with Gasteiger partial charge in [0.25, 0.3) is 0 Å². The van der Waals surface area contributed by atoms with Crippen LogP contribution in [0.5, 0.6) is 11.5 Å². The Labute approximate surface area is 185 Å². The van der Waals surface area contributed by atoms with Crippen LogP contribution in [0.2, 0.25) is 0 Å². The van der Waals surface area contributed by atoms with E-state index >= 15 is 0 Å². The maximum absolute atomic E-state index is 12.5. The zero-order valence-corrected chi connectivity index (χ0v) is 17.5. The Morgan fingerprint density at radius 3 is 2.19 bits per heavy atom. The van der Waals surface area contributed by atoms with Crippen molar-refractivity contribution in [1.29, 1.82) is 0 Å².